The van der Waals surface area contributed by atoms with Crippen molar-refractivity contribution in [3.8, 4) is 5.75 Å². The first-order valence-corrected chi connectivity index (χ1v) is 11.1. The van der Waals surface area contributed by atoms with Gasteiger partial charge < -0.3 is 15.4 Å². The molecule has 2 aromatic carbocycles. The molecule has 1 aliphatic heterocycles. The van der Waals surface area contributed by atoms with E-state index in [4.69, 9.17) is 4.74 Å². The Kier molecular flexibility index (Phi) is 6.64. The summed E-state index contributed by atoms with van der Waals surface area (Å²) in [6.45, 7) is 2.09. The Balaban J connectivity index is 1.42. The van der Waals surface area contributed by atoms with Gasteiger partial charge in [-0.15, -0.1) is 11.3 Å². The summed E-state index contributed by atoms with van der Waals surface area (Å²) in [5, 5.41) is 7.49. The van der Waals surface area contributed by atoms with Gasteiger partial charge in [0, 0.05) is 24.5 Å². The summed E-state index contributed by atoms with van der Waals surface area (Å²) >= 11 is 1.66. The number of methoxy groups -OCH3 is 1. The molecule has 0 spiro atoms. The third-order valence-electron chi connectivity index (χ3n) is 5.49. The van der Waals surface area contributed by atoms with E-state index in [1.807, 2.05) is 11.4 Å². The van der Waals surface area contributed by atoms with Gasteiger partial charge in [0.2, 0.25) is 0 Å². The molecule has 1 aromatic heterocycles. The van der Waals surface area contributed by atoms with Crippen molar-refractivity contribution in [3.05, 3.63) is 82.0 Å². The zero-order valence-electron chi connectivity index (χ0n) is 17.3. The van der Waals surface area contributed by atoms with Crippen molar-refractivity contribution in [3.63, 3.8) is 0 Å². The van der Waals surface area contributed by atoms with E-state index in [0.29, 0.717) is 18.0 Å². The van der Waals surface area contributed by atoms with Crippen LogP contribution in [0.5, 0.6) is 5.75 Å². The van der Waals surface area contributed by atoms with Gasteiger partial charge in [0.25, 0.3) is 0 Å². The number of hydrogen-bond acceptors (Lipinski definition) is 5. The fraction of sp³-hybridized carbons (Fsp3) is 0.250. The molecule has 3 aromatic rings. The molecule has 4 rings (SSSR count). The van der Waals surface area contributed by atoms with Crippen LogP contribution in [-0.2, 0) is 22.6 Å². The van der Waals surface area contributed by atoms with E-state index in [1.54, 1.807) is 35.6 Å². The second kappa shape index (κ2) is 9.76. The van der Waals surface area contributed by atoms with Crippen LogP contribution in [0, 0.1) is 0 Å². The predicted molar refractivity (Wildman–Crippen MR) is 122 cm³/mol. The number of amides is 2. The third-order valence-corrected chi connectivity index (χ3v) is 6.46. The first-order valence-electron chi connectivity index (χ1n) is 10.2. The zero-order chi connectivity index (χ0) is 21.6. The van der Waals surface area contributed by atoms with Crippen LogP contribution >= 0.6 is 11.3 Å². The number of anilines is 1. The highest BCUT2D eigenvalue weighted by molar-refractivity contribution is 7.10. The van der Waals surface area contributed by atoms with Crippen LogP contribution in [0.15, 0.2) is 66.0 Å². The van der Waals surface area contributed by atoms with E-state index >= 15 is 0 Å². The number of hydrogen-bond donors (Lipinski definition) is 2. The molecule has 0 fully saturated rings. The molecule has 160 valence electrons. The number of ether oxygens (including phenoxy) is 1. The molecule has 0 radical (unpaired) electrons. The van der Waals surface area contributed by atoms with E-state index in [9.17, 15) is 9.59 Å². The van der Waals surface area contributed by atoms with Gasteiger partial charge in [-0.1, -0.05) is 42.5 Å². The molecule has 0 saturated carbocycles. The standard InChI is InChI=1S/C24H25N3O3S/c1-30-21-10-5-4-9-19(21)26-24(29)23(28)25-15-20(22-11-6-14-31-22)27-13-12-17-7-2-3-8-18(17)16-27/h2-11,14,20H,12-13,15-16H2,1H3,(H,25,28)(H,26,29)/t20-/m0/s1. The van der Waals surface area contributed by atoms with Gasteiger partial charge in [-0.05, 0) is 41.1 Å². The summed E-state index contributed by atoms with van der Waals surface area (Å²) in [4.78, 5) is 28.5. The lowest BCUT2D eigenvalue weighted by Crippen LogP contribution is -2.43. The number of nitrogens with one attached hydrogen (secondary N) is 2. The molecule has 2 heterocycles. The Morgan fingerprint density at radius 2 is 1.81 bits per heavy atom. The highest BCUT2D eigenvalue weighted by atomic mass is 32.1. The highest BCUT2D eigenvalue weighted by Crippen LogP contribution is 2.30. The maximum Gasteiger partial charge on any atom is 0.313 e. The average molecular weight is 436 g/mol. The molecule has 0 bridgehead atoms. The average Bonchev–Trinajstić information content (AvgIpc) is 3.34. The summed E-state index contributed by atoms with van der Waals surface area (Å²) in [7, 11) is 1.52. The molecular formula is C24H25N3O3S. The lowest BCUT2D eigenvalue weighted by atomic mass is 9.98. The van der Waals surface area contributed by atoms with Crippen LogP contribution in [0.25, 0.3) is 0 Å². The number of carbonyl (C=O) groups is 2. The second-order valence-corrected chi connectivity index (χ2v) is 8.36. The molecule has 1 aliphatic rings. The smallest absolute Gasteiger partial charge is 0.313 e. The first-order chi connectivity index (χ1) is 15.2. The van der Waals surface area contributed by atoms with Crippen LogP contribution < -0.4 is 15.4 Å². The fourth-order valence-corrected chi connectivity index (χ4v) is 4.73. The van der Waals surface area contributed by atoms with Crippen LogP contribution in [0.1, 0.15) is 22.0 Å². The summed E-state index contributed by atoms with van der Waals surface area (Å²) in [5.41, 5.74) is 3.16. The van der Waals surface area contributed by atoms with E-state index in [2.05, 4.69) is 45.9 Å². The molecule has 0 aliphatic carbocycles. The fourth-order valence-electron chi connectivity index (χ4n) is 3.87. The molecule has 0 unspecified atom stereocenters. The maximum atomic E-state index is 12.5. The molecule has 0 saturated heterocycles. The van der Waals surface area contributed by atoms with Crippen LogP contribution in [-0.4, -0.2) is 36.9 Å². The Labute approximate surface area is 185 Å². The van der Waals surface area contributed by atoms with Crippen LogP contribution in [0.3, 0.4) is 0 Å². The van der Waals surface area contributed by atoms with Crippen molar-refractivity contribution in [2.45, 2.75) is 19.0 Å². The quantitative estimate of drug-likeness (QED) is 0.581. The lowest BCUT2D eigenvalue weighted by Gasteiger charge is -2.35. The number of para-hydroxylation sites is 2. The summed E-state index contributed by atoms with van der Waals surface area (Å²) in [5.74, 6) is -0.865. The van der Waals surface area contributed by atoms with E-state index < -0.39 is 11.8 Å². The van der Waals surface area contributed by atoms with Crippen LogP contribution in [0.2, 0.25) is 0 Å². The lowest BCUT2D eigenvalue weighted by molar-refractivity contribution is -0.136. The predicted octanol–water partition coefficient (Wildman–Crippen LogP) is 3.61. The highest BCUT2D eigenvalue weighted by Gasteiger charge is 2.27. The largest absolute Gasteiger partial charge is 0.495 e. The Bertz CT molecular complexity index is 1050. The zero-order valence-corrected chi connectivity index (χ0v) is 18.2. The molecule has 7 heteroatoms. The molecule has 2 amide bonds. The summed E-state index contributed by atoms with van der Waals surface area (Å²) in [6, 6.07) is 19.6. The van der Waals surface area contributed by atoms with Crippen molar-refractivity contribution in [2.24, 2.45) is 0 Å². The number of rotatable bonds is 6. The third kappa shape index (κ3) is 4.95. The van der Waals surface area contributed by atoms with E-state index in [1.165, 1.54) is 23.1 Å². The van der Waals surface area contributed by atoms with Gasteiger partial charge in [-0.2, -0.15) is 0 Å². The normalized spacial score (nSPS) is 14.4. The van der Waals surface area contributed by atoms with Gasteiger partial charge in [-0.25, -0.2) is 0 Å². The van der Waals surface area contributed by atoms with Crippen molar-refractivity contribution in [1.82, 2.24) is 10.2 Å². The van der Waals surface area contributed by atoms with Gasteiger partial charge in [0.1, 0.15) is 5.75 Å². The number of benzene rings is 2. The Hall–Kier alpha value is -3.16. The van der Waals surface area contributed by atoms with Crippen molar-refractivity contribution < 1.29 is 14.3 Å². The number of fused-ring (bicyclic) bond motifs is 1. The van der Waals surface area contributed by atoms with Gasteiger partial charge in [0.15, 0.2) is 0 Å². The van der Waals surface area contributed by atoms with Gasteiger partial charge in [-0.3, -0.25) is 14.5 Å². The first kappa shape index (κ1) is 21.1. The minimum Gasteiger partial charge on any atom is -0.495 e. The van der Waals surface area contributed by atoms with Gasteiger partial charge >= 0.3 is 11.8 Å². The summed E-state index contributed by atoms with van der Waals surface area (Å²) in [6.07, 6.45) is 0.973. The number of carbonyl (C=O) groups excluding carboxylic acids is 2. The minimum atomic E-state index is -0.710. The molecule has 6 nitrogen and oxygen atoms in total. The molecule has 2 N–H and O–H groups in total. The molecule has 1 atom stereocenters. The van der Waals surface area contributed by atoms with E-state index in [0.717, 1.165) is 19.5 Å². The van der Waals surface area contributed by atoms with Crippen molar-refractivity contribution in [1.29, 1.82) is 0 Å². The van der Waals surface area contributed by atoms with E-state index in [-0.39, 0.29) is 6.04 Å². The monoisotopic (exact) mass is 435 g/mol. The second-order valence-electron chi connectivity index (χ2n) is 7.38. The summed E-state index contributed by atoms with van der Waals surface area (Å²) < 4.78 is 5.23. The Morgan fingerprint density at radius 3 is 2.58 bits per heavy atom. The maximum absolute atomic E-state index is 12.5. The van der Waals surface area contributed by atoms with Crippen molar-refractivity contribution in [2.75, 3.05) is 25.5 Å². The minimum absolute atomic E-state index is 0.0105. The van der Waals surface area contributed by atoms with Crippen molar-refractivity contribution >= 4 is 28.8 Å². The number of nitrogens with zero attached hydrogens (tertiary/aromatic N) is 1. The van der Waals surface area contributed by atoms with Gasteiger partial charge in [0.05, 0.1) is 18.8 Å². The molecule has 31 heavy (non-hydrogen) atoms. The molecular weight excluding hydrogens is 410 g/mol. The Morgan fingerprint density at radius 1 is 1.03 bits per heavy atom. The SMILES string of the molecule is COc1ccccc1NC(=O)C(=O)NC[C@@H](c1cccs1)N1CCc2ccccc2C1. The van der Waals surface area contributed by atoms with Crippen LogP contribution in [0.4, 0.5) is 5.69 Å². The topological polar surface area (TPSA) is 70.7 Å². The number of thiophene rings is 1.